The molecule has 4 rings (SSSR count). The Kier molecular flexibility index (Phi) is 3.19. The Morgan fingerprint density at radius 1 is 0.875 bits per heavy atom. The maximum atomic E-state index is 11.4. The molecular weight excluding hydrogens is 296 g/mol. The first-order chi connectivity index (χ1) is 11.3. The Balaban J connectivity index is 1.89. The van der Waals surface area contributed by atoms with Gasteiger partial charge in [0.2, 0.25) is 0 Å². The van der Waals surface area contributed by atoms with Crippen LogP contribution in [0.4, 0.5) is 0 Å². The number of cyclic esters (lactones) is 1. The van der Waals surface area contributed by atoms with Crippen LogP contribution < -0.4 is 0 Å². The van der Waals surface area contributed by atoms with E-state index in [9.17, 15) is 4.79 Å². The third-order valence-electron chi connectivity index (χ3n) is 5.77. The molecule has 0 saturated carbocycles. The molecule has 2 aromatic carbocycles. The highest BCUT2D eigenvalue weighted by atomic mass is 16.5. The average molecular weight is 320 g/mol. The van der Waals surface area contributed by atoms with Gasteiger partial charge < -0.3 is 4.74 Å². The summed E-state index contributed by atoms with van der Waals surface area (Å²) >= 11 is 0. The zero-order valence-electron chi connectivity index (χ0n) is 14.9. The van der Waals surface area contributed by atoms with Gasteiger partial charge in [0.25, 0.3) is 0 Å². The third kappa shape index (κ3) is 2.36. The number of ether oxygens (including phenoxy) is 1. The van der Waals surface area contributed by atoms with Gasteiger partial charge >= 0.3 is 5.97 Å². The fourth-order valence-corrected chi connectivity index (χ4v) is 4.02. The molecule has 2 nitrogen and oxygen atoms in total. The van der Waals surface area contributed by atoms with E-state index in [-0.39, 0.29) is 16.8 Å². The summed E-state index contributed by atoms with van der Waals surface area (Å²) in [6, 6.07) is 11.1. The van der Waals surface area contributed by atoms with Crippen LogP contribution >= 0.6 is 0 Å². The molecule has 1 aliphatic heterocycles. The minimum atomic E-state index is -0.168. The molecule has 0 fully saturated rings. The van der Waals surface area contributed by atoms with Gasteiger partial charge in [-0.25, -0.2) is 0 Å². The van der Waals surface area contributed by atoms with E-state index in [4.69, 9.17) is 4.74 Å². The van der Waals surface area contributed by atoms with Gasteiger partial charge in [0.15, 0.2) is 0 Å². The lowest BCUT2D eigenvalue weighted by Crippen LogP contribution is -2.33. The molecule has 2 aliphatic rings. The van der Waals surface area contributed by atoms with Crippen LogP contribution in [-0.2, 0) is 20.4 Å². The van der Waals surface area contributed by atoms with E-state index >= 15 is 0 Å². The molecular formula is C22H24O2. The van der Waals surface area contributed by atoms with Gasteiger partial charge in [-0.3, -0.25) is 4.79 Å². The molecule has 0 bridgehead atoms. The topological polar surface area (TPSA) is 26.3 Å². The van der Waals surface area contributed by atoms with Gasteiger partial charge in [-0.1, -0.05) is 52.0 Å². The van der Waals surface area contributed by atoms with Crippen molar-refractivity contribution in [1.29, 1.82) is 0 Å². The lowest BCUT2D eigenvalue weighted by atomic mass is 9.63. The van der Waals surface area contributed by atoms with Crippen LogP contribution in [0.25, 0.3) is 16.5 Å². The van der Waals surface area contributed by atoms with Crippen LogP contribution in [0.1, 0.15) is 63.6 Å². The fourth-order valence-electron chi connectivity index (χ4n) is 4.02. The van der Waals surface area contributed by atoms with Crippen molar-refractivity contribution in [2.24, 2.45) is 0 Å². The van der Waals surface area contributed by atoms with Gasteiger partial charge in [-0.15, -0.1) is 0 Å². The number of fused-ring (bicyclic) bond motifs is 2. The van der Waals surface area contributed by atoms with Gasteiger partial charge in [0.05, 0.1) is 6.42 Å². The standard InChI is InChI=1S/C22H24O2/c1-21(2)9-10-22(3,4)18-13-16-11-15(19-7-8-20(23)24-19)6-5-14(16)12-17(18)21/h5-7,11-13H,8-10H2,1-4H3. The predicted molar refractivity (Wildman–Crippen MR) is 97.9 cm³/mol. The van der Waals surface area contributed by atoms with E-state index < -0.39 is 0 Å². The van der Waals surface area contributed by atoms with E-state index in [2.05, 4.69) is 58.0 Å². The lowest BCUT2D eigenvalue weighted by Gasteiger charge is -2.42. The van der Waals surface area contributed by atoms with Crippen LogP contribution in [0.5, 0.6) is 0 Å². The molecule has 24 heavy (non-hydrogen) atoms. The number of carbonyl (C=O) groups is 1. The van der Waals surface area contributed by atoms with E-state index in [1.165, 1.54) is 34.7 Å². The van der Waals surface area contributed by atoms with E-state index in [1.807, 2.05) is 6.08 Å². The molecule has 0 atom stereocenters. The number of carbonyl (C=O) groups excluding carboxylic acids is 1. The summed E-state index contributed by atoms with van der Waals surface area (Å²) < 4.78 is 5.31. The molecule has 1 heterocycles. The zero-order chi connectivity index (χ0) is 17.1. The van der Waals surface area contributed by atoms with Gasteiger partial charge in [-0.05, 0) is 57.7 Å². The Morgan fingerprint density at radius 2 is 1.50 bits per heavy atom. The summed E-state index contributed by atoms with van der Waals surface area (Å²) in [5.74, 6) is 0.526. The number of hydrogen-bond acceptors (Lipinski definition) is 2. The lowest BCUT2D eigenvalue weighted by molar-refractivity contribution is -0.134. The van der Waals surface area contributed by atoms with Crippen molar-refractivity contribution < 1.29 is 9.53 Å². The van der Waals surface area contributed by atoms with Crippen LogP contribution in [-0.4, -0.2) is 5.97 Å². The largest absolute Gasteiger partial charge is 0.426 e. The van der Waals surface area contributed by atoms with Crippen molar-refractivity contribution in [3.05, 3.63) is 53.1 Å². The molecule has 0 spiro atoms. The van der Waals surface area contributed by atoms with Crippen LogP contribution in [0.3, 0.4) is 0 Å². The zero-order valence-corrected chi connectivity index (χ0v) is 14.9. The Morgan fingerprint density at radius 3 is 2.08 bits per heavy atom. The molecule has 0 aromatic heterocycles. The summed E-state index contributed by atoms with van der Waals surface area (Å²) in [5.41, 5.74) is 4.35. The molecule has 0 unspecified atom stereocenters. The number of hydrogen-bond donors (Lipinski definition) is 0. The van der Waals surface area contributed by atoms with Crippen LogP contribution in [0.2, 0.25) is 0 Å². The summed E-state index contributed by atoms with van der Waals surface area (Å²) in [5, 5.41) is 2.48. The first kappa shape index (κ1) is 15.4. The average Bonchev–Trinajstić information content (AvgIpc) is 2.97. The normalized spacial score (nSPS) is 21.3. The van der Waals surface area contributed by atoms with Gasteiger partial charge in [0.1, 0.15) is 5.76 Å². The molecule has 0 saturated heterocycles. The molecule has 0 amide bonds. The first-order valence-corrected chi connectivity index (χ1v) is 8.76. The predicted octanol–water partition coefficient (Wildman–Crippen LogP) is 5.48. The minimum absolute atomic E-state index is 0.168. The summed E-state index contributed by atoms with van der Waals surface area (Å²) in [6.45, 7) is 9.39. The number of rotatable bonds is 1. The molecule has 1 aliphatic carbocycles. The molecule has 2 aromatic rings. The van der Waals surface area contributed by atoms with Crippen LogP contribution in [0.15, 0.2) is 36.4 Å². The van der Waals surface area contributed by atoms with Gasteiger partial charge in [0, 0.05) is 5.56 Å². The van der Waals surface area contributed by atoms with Crippen LogP contribution in [0, 0.1) is 0 Å². The molecule has 0 N–H and O–H groups in total. The maximum Gasteiger partial charge on any atom is 0.315 e. The van der Waals surface area contributed by atoms with Crippen molar-refractivity contribution >= 4 is 22.5 Å². The third-order valence-corrected chi connectivity index (χ3v) is 5.77. The first-order valence-electron chi connectivity index (χ1n) is 8.76. The second-order valence-corrected chi connectivity index (χ2v) is 8.47. The fraction of sp³-hybridized carbons (Fsp3) is 0.409. The number of esters is 1. The Bertz CT molecular complexity index is 884. The monoisotopic (exact) mass is 320 g/mol. The highest BCUT2D eigenvalue weighted by Crippen LogP contribution is 2.47. The Labute approximate surface area is 143 Å². The van der Waals surface area contributed by atoms with Crippen molar-refractivity contribution in [2.45, 2.75) is 57.8 Å². The summed E-state index contributed by atoms with van der Waals surface area (Å²) in [7, 11) is 0. The smallest absolute Gasteiger partial charge is 0.315 e. The van der Waals surface area contributed by atoms with Gasteiger partial charge in [-0.2, -0.15) is 0 Å². The molecule has 0 radical (unpaired) electrons. The Hall–Kier alpha value is -2.09. The van der Waals surface area contributed by atoms with Crippen molar-refractivity contribution in [3.63, 3.8) is 0 Å². The van der Waals surface area contributed by atoms with E-state index in [0.29, 0.717) is 12.2 Å². The number of benzene rings is 2. The minimum Gasteiger partial charge on any atom is -0.426 e. The van der Waals surface area contributed by atoms with E-state index in [1.54, 1.807) is 0 Å². The summed E-state index contributed by atoms with van der Waals surface area (Å²) in [6.07, 6.45) is 4.67. The second-order valence-electron chi connectivity index (χ2n) is 8.47. The van der Waals surface area contributed by atoms with Crippen molar-refractivity contribution in [3.8, 4) is 0 Å². The van der Waals surface area contributed by atoms with Crippen molar-refractivity contribution in [2.75, 3.05) is 0 Å². The SMILES string of the molecule is CC1(C)CCC(C)(C)c2cc3cc(C4=CCC(=O)O4)ccc3cc21. The van der Waals surface area contributed by atoms with E-state index in [0.717, 1.165) is 5.56 Å². The second kappa shape index (κ2) is 4.95. The highest BCUT2D eigenvalue weighted by molar-refractivity contribution is 5.91. The molecule has 2 heteroatoms. The van der Waals surface area contributed by atoms with Crippen molar-refractivity contribution in [1.82, 2.24) is 0 Å². The quantitative estimate of drug-likeness (QED) is 0.651. The molecule has 124 valence electrons. The maximum absolute atomic E-state index is 11.4. The summed E-state index contributed by atoms with van der Waals surface area (Å²) in [4.78, 5) is 11.4. The highest BCUT2D eigenvalue weighted by Gasteiger charge is 2.37.